The summed E-state index contributed by atoms with van der Waals surface area (Å²) < 4.78 is 20.1. The first kappa shape index (κ1) is 20.3. The zero-order valence-corrected chi connectivity index (χ0v) is 17.1. The van der Waals surface area contributed by atoms with Crippen molar-refractivity contribution in [2.45, 2.75) is 6.42 Å². The van der Waals surface area contributed by atoms with Crippen LogP contribution in [0.15, 0.2) is 84.9 Å². The molecule has 0 bridgehead atoms. The molecular weight excluding hydrogens is 393 g/mol. The van der Waals surface area contributed by atoms with Gasteiger partial charge >= 0.3 is 0 Å². The van der Waals surface area contributed by atoms with E-state index in [2.05, 4.69) is 10.4 Å². The summed E-state index contributed by atoms with van der Waals surface area (Å²) in [6.45, 7) is 0.503. The number of carbonyl (C=O) groups excluding carboxylic acids is 1. The molecule has 5 nitrogen and oxygen atoms in total. The second kappa shape index (κ2) is 9.26. The van der Waals surface area contributed by atoms with E-state index in [1.807, 2.05) is 54.6 Å². The first-order valence-corrected chi connectivity index (χ1v) is 9.96. The van der Waals surface area contributed by atoms with E-state index >= 15 is 0 Å². The van der Waals surface area contributed by atoms with Gasteiger partial charge in [-0.25, -0.2) is 9.07 Å². The van der Waals surface area contributed by atoms with Crippen LogP contribution in [0, 0.1) is 5.82 Å². The Morgan fingerprint density at radius 3 is 2.39 bits per heavy atom. The van der Waals surface area contributed by atoms with Crippen molar-refractivity contribution < 1.29 is 13.9 Å². The Bertz CT molecular complexity index is 1150. The standard InChI is InChI=1S/C25H22FN3O2/c1-31-22-13-11-21(12-14-22)29-24(17-23(28-29)19-7-9-20(26)10-8-19)25(30)27-16-15-18-5-3-2-4-6-18/h2-14,17H,15-16H2,1H3,(H,27,30). The van der Waals surface area contributed by atoms with E-state index in [1.165, 1.54) is 12.1 Å². The quantitative estimate of drug-likeness (QED) is 0.478. The largest absolute Gasteiger partial charge is 0.497 e. The summed E-state index contributed by atoms with van der Waals surface area (Å²) >= 11 is 0. The normalized spacial score (nSPS) is 10.6. The monoisotopic (exact) mass is 415 g/mol. The zero-order chi connectivity index (χ0) is 21.6. The number of benzene rings is 3. The third-order valence-electron chi connectivity index (χ3n) is 4.94. The van der Waals surface area contributed by atoms with Gasteiger partial charge in [0.05, 0.1) is 18.5 Å². The van der Waals surface area contributed by atoms with Gasteiger partial charge in [0.1, 0.15) is 17.3 Å². The predicted molar refractivity (Wildman–Crippen MR) is 118 cm³/mol. The summed E-state index contributed by atoms with van der Waals surface area (Å²) in [6.07, 6.45) is 0.730. The average Bonchev–Trinajstić information content (AvgIpc) is 3.26. The third-order valence-corrected chi connectivity index (χ3v) is 4.94. The van der Waals surface area contributed by atoms with Gasteiger partial charge in [0, 0.05) is 12.1 Å². The van der Waals surface area contributed by atoms with Gasteiger partial charge in [-0.1, -0.05) is 30.3 Å². The molecule has 1 aromatic heterocycles. The summed E-state index contributed by atoms with van der Waals surface area (Å²) in [6, 6.07) is 25.0. The minimum absolute atomic E-state index is 0.229. The lowest BCUT2D eigenvalue weighted by atomic mass is 10.1. The summed E-state index contributed by atoms with van der Waals surface area (Å²) in [7, 11) is 1.60. The molecule has 1 amide bonds. The van der Waals surface area contributed by atoms with Gasteiger partial charge in [-0.15, -0.1) is 0 Å². The van der Waals surface area contributed by atoms with Gasteiger partial charge in [-0.2, -0.15) is 5.10 Å². The fourth-order valence-corrected chi connectivity index (χ4v) is 3.28. The molecule has 0 atom stereocenters. The van der Waals surface area contributed by atoms with Crippen LogP contribution in [-0.4, -0.2) is 29.3 Å². The van der Waals surface area contributed by atoms with Crippen LogP contribution in [0.4, 0.5) is 4.39 Å². The van der Waals surface area contributed by atoms with Crippen molar-refractivity contribution in [3.05, 3.63) is 102 Å². The number of halogens is 1. The molecule has 0 radical (unpaired) electrons. The van der Waals surface area contributed by atoms with Crippen molar-refractivity contribution in [2.75, 3.05) is 13.7 Å². The van der Waals surface area contributed by atoms with E-state index in [0.29, 0.717) is 23.7 Å². The number of carbonyl (C=O) groups is 1. The Kier molecular flexibility index (Phi) is 6.08. The molecule has 1 heterocycles. The first-order chi connectivity index (χ1) is 15.1. The summed E-state index contributed by atoms with van der Waals surface area (Å²) in [5.41, 5.74) is 3.59. The smallest absolute Gasteiger partial charge is 0.270 e. The molecule has 0 aliphatic rings. The van der Waals surface area contributed by atoms with Crippen LogP contribution in [0.5, 0.6) is 5.75 Å². The minimum Gasteiger partial charge on any atom is -0.497 e. The highest BCUT2D eigenvalue weighted by Gasteiger charge is 2.17. The van der Waals surface area contributed by atoms with E-state index in [1.54, 1.807) is 30.0 Å². The number of methoxy groups -OCH3 is 1. The molecule has 0 saturated carbocycles. The molecule has 31 heavy (non-hydrogen) atoms. The Morgan fingerprint density at radius 1 is 1.00 bits per heavy atom. The number of hydrogen-bond donors (Lipinski definition) is 1. The molecule has 4 aromatic rings. The summed E-state index contributed by atoms with van der Waals surface area (Å²) in [5.74, 6) is 0.161. The van der Waals surface area contributed by atoms with E-state index in [-0.39, 0.29) is 11.7 Å². The second-order valence-electron chi connectivity index (χ2n) is 7.02. The molecular formula is C25H22FN3O2. The van der Waals surface area contributed by atoms with Crippen LogP contribution in [-0.2, 0) is 6.42 Å². The van der Waals surface area contributed by atoms with Crippen molar-refractivity contribution >= 4 is 5.91 Å². The molecule has 0 aliphatic heterocycles. The van der Waals surface area contributed by atoms with E-state index in [0.717, 1.165) is 23.2 Å². The van der Waals surface area contributed by atoms with Crippen molar-refractivity contribution in [3.8, 4) is 22.7 Å². The minimum atomic E-state index is -0.322. The van der Waals surface area contributed by atoms with Crippen molar-refractivity contribution in [3.63, 3.8) is 0 Å². The lowest BCUT2D eigenvalue weighted by Gasteiger charge is -2.09. The number of nitrogens with one attached hydrogen (secondary N) is 1. The highest BCUT2D eigenvalue weighted by molar-refractivity contribution is 5.94. The van der Waals surface area contributed by atoms with Crippen LogP contribution in [0.25, 0.3) is 16.9 Å². The van der Waals surface area contributed by atoms with E-state index in [9.17, 15) is 9.18 Å². The fraction of sp³-hybridized carbons (Fsp3) is 0.120. The van der Waals surface area contributed by atoms with Gasteiger partial charge < -0.3 is 10.1 Å². The number of hydrogen-bond acceptors (Lipinski definition) is 3. The number of rotatable bonds is 7. The van der Waals surface area contributed by atoms with Gasteiger partial charge in [0.2, 0.25) is 0 Å². The molecule has 6 heteroatoms. The molecule has 3 aromatic carbocycles. The molecule has 0 unspecified atom stereocenters. The van der Waals surface area contributed by atoms with Crippen molar-refractivity contribution in [1.82, 2.24) is 15.1 Å². The maximum atomic E-state index is 13.3. The summed E-state index contributed by atoms with van der Waals surface area (Å²) in [4.78, 5) is 13.0. The van der Waals surface area contributed by atoms with Crippen molar-refractivity contribution in [1.29, 1.82) is 0 Å². The lowest BCUT2D eigenvalue weighted by molar-refractivity contribution is 0.0946. The first-order valence-electron chi connectivity index (χ1n) is 9.96. The number of ether oxygens (including phenoxy) is 1. The zero-order valence-electron chi connectivity index (χ0n) is 17.1. The average molecular weight is 415 g/mol. The number of nitrogens with zero attached hydrogens (tertiary/aromatic N) is 2. The Balaban J connectivity index is 1.61. The van der Waals surface area contributed by atoms with Crippen LogP contribution in [0.1, 0.15) is 16.1 Å². The van der Waals surface area contributed by atoms with E-state index < -0.39 is 0 Å². The van der Waals surface area contributed by atoms with Gasteiger partial charge in [0.25, 0.3) is 5.91 Å². The maximum absolute atomic E-state index is 13.3. The van der Waals surface area contributed by atoms with Gasteiger partial charge in [0.15, 0.2) is 0 Å². The topological polar surface area (TPSA) is 56.2 Å². The predicted octanol–water partition coefficient (Wildman–Crippen LogP) is 4.66. The molecule has 0 aliphatic carbocycles. The summed E-state index contributed by atoms with van der Waals surface area (Å²) in [5, 5.41) is 7.59. The molecule has 4 rings (SSSR count). The van der Waals surface area contributed by atoms with Crippen molar-refractivity contribution in [2.24, 2.45) is 0 Å². The fourth-order valence-electron chi connectivity index (χ4n) is 3.28. The molecule has 0 spiro atoms. The van der Waals surface area contributed by atoms with Crippen LogP contribution < -0.4 is 10.1 Å². The number of aromatic nitrogens is 2. The van der Waals surface area contributed by atoms with Crippen LogP contribution >= 0.6 is 0 Å². The molecule has 0 saturated heterocycles. The van der Waals surface area contributed by atoms with Gasteiger partial charge in [-0.05, 0) is 66.6 Å². The number of amides is 1. The van der Waals surface area contributed by atoms with Gasteiger partial charge in [-0.3, -0.25) is 4.79 Å². The van der Waals surface area contributed by atoms with E-state index in [4.69, 9.17) is 4.74 Å². The highest BCUT2D eigenvalue weighted by Crippen LogP contribution is 2.23. The SMILES string of the molecule is COc1ccc(-n2nc(-c3ccc(F)cc3)cc2C(=O)NCCc2ccccc2)cc1. The Hall–Kier alpha value is -3.93. The second-order valence-corrected chi connectivity index (χ2v) is 7.02. The maximum Gasteiger partial charge on any atom is 0.270 e. The van der Waals surface area contributed by atoms with Crippen LogP contribution in [0.2, 0.25) is 0 Å². The molecule has 156 valence electrons. The molecule has 1 N–H and O–H groups in total. The Labute approximate surface area is 180 Å². The Morgan fingerprint density at radius 2 is 1.71 bits per heavy atom. The highest BCUT2D eigenvalue weighted by atomic mass is 19.1. The third kappa shape index (κ3) is 4.80. The lowest BCUT2D eigenvalue weighted by Crippen LogP contribution is -2.27. The molecule has 0 fully saturated rings. The van der Waals surface area contributed by atoms with Crippen LogP contribution in [0.3, 0.4) is 0 Å².